The molecule has 1 aliphatic heterocycles. The summed E-state index contributed by atoms with van der Waals surface area (Å²) in [5, 5.41) is 9.01. The van der Waals surface area contributed by atoms with Gasteiger partial charge in [-0.15, -0.1) is 0 Å². The summed E-state index contributed by atoms with van der Waals surface area (Å²) >= 11 is 0. The van der Waals surface area contributed by atoms with Crippen molar-refractivity contribution in [1.82, 2.24) is 14.9 Å². The van der Waals surface area contributed by atoms with E-state index in [1.165, 1.54) is 4.90 Å². The number of hydrogen-bond acceptors (Lipinski definition) is 4. The van der Waals surface area contributed by atoms with Crippen molar-refractivity contribution in [2.45, 2.75) is 19.3 Å². The van der Waals surface area contributed by atoms with Crippen molar-refractivity contribution in [1.29, 1.82) is 0 Å². The van der Waals surface area contributed by atoms with Crippen LogP contribution in [-0.4, -0.2) is 46.3 Å². The van der Waals surface area contributed by atoms with E-state index in [4.69, 9.17) is 9.84 Å². The Morgan fingerprint density at radius 1 is 1.45 bits per heavy atom. The molecule has 0 bridgehead atoms. The van der Waals surface area contributed by atoms with Crippen LogP contribution in [-0.2, 0) is 6.42 Å². The Morgan fingerprint density at radius 3 is 3.05 bits per heavy atom. The maximum atomic E-state index is 11.0. The predicted octanol–water partition coefficient (Wildman–Crippen LogP) is 2.57. The van der Waals surface area contributed by atoms with Gasteiger partial charge in [0.2, 0.25) is 5.88 Å². The monoisotopic (exact) mass is 301 g/mol. The van der Waals surface area contributed by atoms with Gasteiger partial charge in [0.15, 0.2) is 0 Å². The van der Waals surface area contributed by atoms with Crippen LogP contribution in [0.1, 0.15) is 18.4 Å². The van der Waals surface area contributed by atoms with Gasteiger partial charge in [0.25, 0.3) is 0 Å². The minimum Gasteiger partial charge on any atom is -0.481 e. The van der Waals surface area contributed by atoms with Gasteiger partial charge in [-0.05, 0) is 42.9 Å². The van der Waals surface area contributed by atoms with Crippen molar-refractivity contribution in [3.8, 4) is 5.88 Å². The number of amides is 1. The number of ether oxygens (including phenoxy) is 1. The fourth-order valence-corrected chi connectivity index (χ4v) is 2.98. The molecule has 22 heavy (non-hydrogen) atoms. The fourth-order valence-electron chi connectivity index (χ4n) is 2.98. The lowest BCUT2D eigenvalue weighted by Gasteiger charge is -2.12. The molecule has 1 amide bonds. The van der Waals surface area contributed by atoms with Crippen LogP contribution in [0.15, 0.2) is 24.4 Å². The lowest BCUT2D eigenvalue weighted by Crippen LogP contribution is -2.26. The number of carbonyl (C=O) groups is 1. The molecule has 1 saturated heterocycles. The molecule has 0 aromatic carbocycles. The first-order chi connectivity index (χ1) is 10.7. The van der Waals surface area contributed by atoms with Gasteiger partial charge in [-0.1, -0.05) is 0 Å². The van der Waals surface area contributed by atoms with Gasteiger partial charge in [-0.3, -0.25) is 4.98 Å². The Kier molecular flexibility index (Phi) is 4.09. The zero-order valence-electron chi connectivity index (χ0n) is 12.5. The molecule has 0 saturated carbocycles. The topological polar surface area (TPSA) is 75.5 Å². The van der Waals surface area contributed by atoms with E-state index in [0.29, 0.717) is 24.9 Å². The Morgan fingerprint density at radius 2 is 2.32 bits per heavy atom. The maximum Gasteiger partial charge on any atom is 0.407 e. The number of pyridine rings is 2. The molecule has 2 aromatic rings. The van der Waals surface area contributed by atoms with Crippen molar-refractivity contribution in [3.05, 3.63) is 30.0 Å². The first kappa shape index (κ1) is 14.6. The molecule has 0 spiro atoms. The van der Waals surface area contributed by atoms with Crippen LogP contribution in [0.4, 0.5) is 4.79 Å². The van der Waals surface area contributed by atoms with Gasteiger partial charge in [-0.2, -0.15) is 0 Å². The molecule has 3 heterocycles. The third-order valence-corrected chi connectivity index (χ3v) is 4.23. The highest BCUT2D eigenvalue weighted by Crippen LogP contribution is 2.24. The van der Waals surface area contributed by atoms with Gasteiger partial charge in [0.1, 0.15) is 0 Å². The van der Waals surface area contributed by atoms with Crippen LogP contribution >= 0.6 is 0 Å². The second-order valence-corrected chi connectivity index (χ2v) is 5.61. The van der Waals surface area contributed by atoms with Crippen molar-refractivity contribution >= 4 is 17.1 Å². The quantitative estimate of drug-likeness (QED) is 0.939. The molecule has 1 atom stereocenters. The Balaban J connectivity index is 1.73. The summed E-state index contributed by atoms with van der Waals surface area (Å²) in [6.45, 7) is 1.28. The summed E-state index contributed by atoms with van der Waals surface area (Å²) in [5.41, 5.74) is 2.87. The largest absolute Gasteiger partial charge is 0.481 e. The lowest BCUT2D eigenvalue weighted by atomic mass is 9.98. The van der Waals surface area contributed by atoms with Crippen LogP contribution in [0.3, 0.4) is 0 Å². The zero-order chi connectivity index (χ0) is 15.5. The molecule has 6 heteroatoms. The van der Waals surface area contributed by atoms with Crippen LogP contribution in [0, 0.1) is 5.92 Å². The zero-order valence-corrected chi connectivity index (χ0v) is 12.5. The average Bonchev–Trinajstić information content (AvgIpc) is 3.01. The SMILES string of the molecule is COc1ccc2nccc(CCC3CCN(C(=O)O)C3)c2n1. The molecule has 116 valence electrons. The van der Waals surface area contributed by atoms with E-state index in [-0.39, 0.29) is 0 Å². The van der Waals surface area contributed by atoms with E-state index in [1.54, 1.807) is 19.4 Å². The summed E-state index contributed by atoms with van der Waals surface area (Å²) in [7, 11) is 1.60. The molecule has 1 N–H and O–H groups in total. The highest BCUT2D eigenvalue weighted by atomic mass is 16.5. The van der Waals surface area contributed by atoms with Crippen molar-refractivity contribution in [2.75, 3.05) is 20.2 Å². The van der Waals surface area contributed by atoms with E-state index in [2.05, 4.69) is 9.97 Å². The summed E-state index contributed by atoms with van der Waals surface area (Å²) in [6, 6.07) is 5.70. The molecule has 3 rings (SSSR count). The third-order valence-electron chi connectivity index (χ3n) is 4.23. The van der Waals surface area contributed by atoms with Crippen LogP contribution in [0.5, 0.6) is 5.88 Å². The molecule has 1 fully saturated rings. The van der Waals surface area contributed by atoms with Gasteiger partial charge in [0.05, 0.1) is 18.1 Å². The average molecular weight is 301 g/mol. The number of aromatic nitrogens is 2. The van der Waals surface area contributed by atoms with Crippen LogP contribution < -0.4 is 4.74 Å². The standard InChI is InChI=1S/C16H19N3O3/c1-22-14-5-4-13-15(18-14)12(6-8-17-13)3-2-11-7-9-19(10-11)16(20)21/h4-6,8,11H,2-3,7,9-10H2,1H3,(H,20,21). The molecule has 1 unspecified atom stereocenters. The first-order valence-corrected chi connectivity index (χ1v) is 7.44. The Labute approximate surface area is 128 Å². The Hall–Kier alpha value is -2.37. The van der Waals surface area contributed by atoms with Crippen LogP contribution in [0.2, 0.25) is 0 Å². The van der Waals surface area contributed by atoms with E-state index in [0.717, 1.165) is 35.9 Å². The molecule has 1 aliphatic rings. The summed E-state index contributed by atoms with van der Waals surface area (Å²) in [6.07, 6.45) is 3.75. The number of nitrogens with zero attached hydrogens (tertiary/aromatic N) is 3. The number of fused-ring (bicyclic) bond motifs is 1. The number of hydrogen-bond donors (Lipinski definition) is 1. The second-order valence-electron chi connectivity index (χ2n) is 5.61. The van der Waals surface area contributed by atoms with Crippen LogP contribution in [0.25, 0.3) is 11.0 Å². The van der Waals surface area contributed by atoms with E-state index in [1.807, 2.05) is 12.1 Å². The second kappa shape index (κ2) is 6.17. The van der Waals surface area contributed by atoms with Gasteiger partial charge < -0.3 is 14.7 Å². The smallest absolute Gasteiger partial charge is 0.407 e. The molecule has 0 radical (unpaired) electrons. The number of aryl methyl sites for hydroxylation is 1. The number of likely N-dealkylation sites (tertiary alicyclic amines) is 1. The molecule has 2 aromatic heterocycles. The predicted molar refractivity (Wildman–Crippen MR) is 82.1 cm³/mol. The van der Waals surface area contributed by atoms with E-state index < -0.39 is 6.09 Å². The number of carboxylic acid groups (broad SMARTS) is 1. The van der Waals surface area contributed by atoms with Gasteiger partial charge >= 0.3 is 6.09 Å². The minimum atomic E-state index is -0.816. The van der Waals surface area contributed by atoms with Gasteiger partial charge in [0, 0.05) is 25.4 Å². The number of rotatable bonds is 4. The highest BCUT2D eigenvalue weighted by molar-refractivity contribution is 5.78. The summed E-state index contributed by atoms with van der Waals surface area (Å²) in [4.78, 5) is 21.3. The van der Waals surface area contributed by atoms with Crippen molar-refractivity contribution in [3.63, 3.8) is 0 Å². The van der Waals surface area contributed by atoms with E-state index in [9.17, 15) is 4.79 Å². The van der Waals surface area contributed by atoms with Crippen molar-refractivity contribution < 1.29 is 14.6 Å². The Bertz CT molecular complexity index is 689. The first-order valence-electron chi connectivity index (χ1n) is 7.44. The lowest BCUT2D eigenvalue weighted by molar-refractivity contribution is 0.154. The third kappa shape index (κ3) is 2.95. The molecular formula is C16H19N3O3. The minimum absolute atomic E-state index is 0.421. The maximum absolute atomic E-state index is 11.0. The summed E-state index contributed by atoms with van der Waals surface area (Å²) in [5.74, 6) is 1.00. The fraction of sp³-hybridized carbons (Fsp3) is 0.438. The molecule has 6 nitrogen and oxygen atoms in total. The van der Waals surface area contributed by atoms with Gasteiger partial charge in [-0.25, -0.2) is 9.78 Å². The van der Waals surface area contributed by atoms with Crippen molar-refractivity contribution in [2.24, 2.45) is 5.92 Å². The van der Waals surface area contributed by atoms with E-state index >= 15 is 0 Å². The highest BCUT2D eigenvalue weighted by Gasteiger charge is 2.25. The normalized spacial score (nSPS) is 17.9. The number of methoxy groups -OCH3 is 1. The molecular weight excluding hydrogens is 282 g/mol. The summed E-state index contributed by atoms with van der Waals surface area (Å²) < 4.78 is 5.18. The molecule has 0 aliphatic carbocycles.